The van der Waals surface area contributed by atoms with Gasteiger partial charge < -0.3 is 9.26 Å². The molecule has 2 aromatic rings. The van der Waals surface area contributed by atoms with E-state index in [0.29, 0.717) is 36.3 Å². The maximum atomic E-state index is 5.79. The molecule has 0 aliphatic carbocycles. The summed E-state index contributed by atoms with van der Waals surface area (Å²) in [7, 11) is 1.64. The van der Waals surface area contributed by atoms with Gasteiger partial charge in [-0.1, -0.05) is 16.8 Å². The minimum absolute atomic E-state index is 0.464. The number of pyridine rings is 1. The van der Waals surface area contributed by atoms with Crippen LogP contribution in [0, 0.1) is 0 Å². The van der Waals surface area contributed by atoms with Crippen LogP contribution in [0.15, 0.2) is 22.9 Å². The molecule has 0 bridgehead atoms. The van der Waals surface area contributed by atoms with Crippen LogP contribution in [0.1, 0.15) is 17.3 Å². The first-order valence-electron chi connectivity index (χ1n) is 5.19. The number of ether oxygens (including phenoxy) is 1. The summed E-state index contributed by atoms with van der Waals surface area (Å²) < 4.78 is 10.0. The summed E-state index contributed by atoms with van der Waals surface area (Å²) in [5.41, 5.74) is 1.00. The molecule has 0 radical (unpaired) electrons. The van der Waals surface area contributed by atoms with Crippen molar-refractivity contribution in [2.45, 2.75) is 12.8 Å². The Kier molecular flexibility index (Phi) is 4.06. The van der Waals surface area contributed by atoms with Gasteiger partial charge in [-0.3, -0.25) is 0 Å². The SMILES string of the molecule is COCCc1nc(Cc2ccnc(Cl)c2)no1. The van der Waals surface area contributed by atoms with Gasteiger partial charge in [-0.25, -0.2) is 4.98 Å². The van der Waals surface area contributed by atoms with Crippen molar-refractivity contribution in [2.24, 2.45) is 0 Å². The average molecular weight is 254 g/mol. The van der Waals surface area contributed by atoms with Crippen LogP contribution in [0.25, 0.3) is 0 Å². The number of nitrogens with zero attached hydrogens (tertiary/aromatic N) is 3. The predicted octanol–water partition coefficient (Wildman–Crippen LogP) is 1.90. The lowest BCUT2D eigenvalue weighted by atomic mass is 10.2. The molecule has 0 spiro atoms. The van der Waals surface area contributed by atoms with Gasteiger partial charge in [0.05, 0.1) is 13.0 Å². The molecule has 0 fully saturated rings. The van der Waals surface area contributed by atoms with Gasteiger partial charge in [-0.2, -0.15) is 4.98 Å². The summed E-state index contributed by atoms with van der Waals surface area (Å²) in [5.74, 6) is 1.22. The van der Waals surface area contributed by atoms with E-state index in [4.69, 9.17) is 20.9 Å². The molecule has 2 heterocycles. The van der Waals surface area contributed by atoms with Crippen LogP contribution in [0.4, 0.5) is 0 Å². The van der Waals surface area contributed by atoms with E-state index >= 15 is 0 Å². The molecule has 0 aromatic carbocycles. The topological polar surface area (TPSA) is 61.0 Å². The third-order valence-corrected chi connectivity index (χ3v) is 2.39. The zero-order valence-corrected chi connectivity index (χ0v) is 10.1. The van der Waals surface area contributed by atoms with Crippen molar-refractivity contribution in [3.05, 3.63) is 40.8 Å². The second kappa shape index (κ2) is 5.75. The highest BCUT2D eigenvalue weighted by molar-refractivity contribution is 6.29. The Labute approximate surface area is 104 Å². The zero-order chi connectivity index (χ0) is 12.1. The van der Waals surface area contributed by atoms with Gasteiger partial charge in [-0.15, -0.1) is 0 Å². The fraction of sp³-hybridized carbons (Fsp3) is 0.364. The van der Waals surface area contributed by atoms with Crippen LogP contribution in [0.3, 0.4) is 0 Å². The highest BCUT2D eigenvalue weighted by Crippen LogP contribution is 2.11. The minimum Gasteiger partial charge on any atom is -0.384 e. The van der Waals surface area contributed by atoms with Crippen molar-refractivity contribution in [3.63, 3.8) is 0 Å². The first kappa shape index (κ1) is 12.0. The lowest BCUT2D eigenvalue weighted by Gasteiger charge is -1.96. The average Bonchev–Trinajstić information content (AvgIpc) is 2.74. The summed E-state index contributed by atoms with van der Waals surface area (Å²) >= 11 is 5.79. The molecule has 0 unspecified atom stereocenters. The smallest absolute Gasteiger partial charge is 0.228 e. The molecule has 17 heavy (non-hydrogen) atoms. The van der Waals surface area contributed by atoms with Crippen LogP contribution in [0.5, 0.6) is 0 Å². The fourth-order valence-corrected chi connectivity index (χ4v) is 1.58. The number of rotatable bonds is 5. The lowest BCUT2D eigenvalue weighted by Crippen LogP contribution is -1.95. The van der Waals surface area contributed by atoms with Gasteiger partial charge in [0.2, 0.25) is 5.89 Å². The van der Waals surface area contributed by atoms with E-state index in [1.54, 1.807) is 19.4 Å². The summed E-state index contributed by atoms with van der Waals surface area (Å²) in [5, 5.41) is 4.35. The number of hydrogen-bond acceptors (Lipinski definition) is 5. The van der Waals surface area contributed by atoms with Gasteiger partial charge in [0.1, 0.15) is 5.15 Å². The number of aromatic nitrogens is 3. The van der Waals surface area contributed by atoms with E-state index in [-0.39, 0.29) is 0 Å². The quantitative estimate of drug-likeness (QED) is 0.762. The van der Waals surface area contributed by atoms with Crippen molar-refractivity contribution in [1.82, 2.24) is 15.1 Å². The molecule has 2 rings (SSSR count). The highest BCUT2D eigenvalue weighted by Gasteiger charge is 2.07. The van der Waals surface area contributed by atoms with E-state index < -0.39 is 0 Å². The zero-order valence-electron chi connectivity index (χ0n) is 9.39. The van der Waals surface area contributed by atoms with Gasteiger partial charge in [-0.05, 0) is 17.7 Å². The first-order chi connectivity index (χ1) is 8.28. The summed E-state index contributed by atoms with van der Waals surface area (Å²) in [4.78, 5) is 8.16. The molecule has 0 aliphatic rings. The maximum absolute atomic E-state index is 5.79. The van der Waals surface area contributed by atoms with Gasteiger partial charge in [0.15, 0.2) is 5.82 Å². The van der Waals surface area contributed by atoms with E-state index in [0.717, 1.165) is 5.56 Å². The van der Waals surface area contributed by atoms with E-state index in [1.165, 1.54) is 0 Å². The van der Waals surface area contributed by atoms with Crippen LogP contribution >= 0.6 is 11.6 Å². The van der Waals surface area contributed by atoms with Gasteiger partial charge in [0.25, 0.3) is 0 Å². The summed E-state index contributed by atoms with van der Waals surface area (Å²) in [6, 6.07) is 3.66. The van der Waals surface area contributed by atoms with Crippen LogP contribution < -0.4 is 0 Å². The van der Waals surface area contributed by atoms with E-state index in [1.807, 2.05) is 6.07 Å². The van der Waals surface area contributed by atoms with Crippen molar-refractivity contribution < 1.29 is 9.26 Å². The highest BCUT2D eigenvalue weighted by atomic mass is 35.5. The van der Waals surface area contributed by atoms with Crippen LogP contribution in [-0.2, 0) is 17.6 Å². The standard InChI is InChI=1S/C11H12ClN3O2/c1-16-5-3-11-14-10(15-17-11)7-8-2-4-13-9(12)6-8/h2,4,6H,3,5,7H2,1H3. The Morgan fingerprint density at radius 2 is 2.35 bits per heavy atom. The Balaban J connectivity index is 2.01. The Morgan fingerprint density at radius 3 is 3.12 bits per heavy atom. The molecule has 0 amide bonds. The van der Waals surface area contributed by atoms with Crippen LogP contribution in [0.2, 0.25) is 5.15 Å². The summed E-state index contributed by atoms with van der Waals surface area (Å²) in [6.45, 7) is 0.572. The molecule has 6 heteroatoms. The van der Waals surface area contributed by atoms with E-state index in [9.17, 15) is 0 Å². The van der Waals surface area contributed by atoms with Gasteiger partial charge >= 0.3 is 0 Å². The first-order valence-corrected chi connectivity index (χ1v) is 5.56. The van der Waals surface area contributed by atoms with Crippen molar-refractivity contribution in [1.29, 1.82) is 0 Å². The Hall–Kier alpha value is -1.46. The minimum atomic E-state index is 0.464. The molecule has 5 nitrogen and oxygen atoms in total. The van der Waals surface area contributed by atoms with Crippen molar-refractivity contribution in [3.8, 4) is 0 Å². The molecule has 0 saturated heterocycles. The Bertz CT molecular complexity index is 487. The number of methoxy groups -OCH3 is 1. The fourth-order valence-electron chi connectivity index (χ4n) is 1.39. The number of halogens is 1. The van der Waals surface area contributed by atoms with Gasteiger partial charge in [0, 0.05) is 19.7 Å². The molecule has 0 atom stereocenters. The van der Waals surface area contributed by atoms with Crippen molar-refractivity contribution >= 4 is 11.6 Å². The molecular weight excluding hydrogens is 242 g/mol. The lowest BCUT2D eigenvalue weighted by molar-refractivity contribution is 0.192. The second-order valence-electron chi connectivity index (χ2n) is 3.51. The third kappa shape index (κ3) is 3.51. The summed E-state index contributed by atoms with van der Waals surface area (Å²) in [6.07, 6.45) is 2.86. The predicted molar refractivity (Wildman–Crippen MR) is 61.9 cm³/mol. The van der Waals surface area contributed by atoms with Crippen LogP contribution in [-0.4, -0.2) is 28.8 Å². The molecule has 90 valence electrons. The monoisotopic (exact) mass is 253 g/mol. The largest absolute Gasteiger partial charge is 0.384 e. The second-order valence-corrected chi connectivity index (χ2v) is 3.90. The Morgan fingerprint density at radius 1 is 1.47 bits per heavy atom. The normalized spacial score (nSPS) is 10.7. The third-order valence-electron chi connectivity index (χ3n) is 2.18. The van der Waals surface area contributed by atoms with Crippen molar-refractivity contribution in [2.75, 3.05) is 13.7 Å². The molecule has 0 N–H and O–H groups in total. The molecule has 0 saturated carbocycles. The molecular formula is C11H12ClN3O2. The molecule has 0 aliphatic heterocycles. The maximum Gasteiger partial charge on any atom is 0.228 e. The number of hydrogen-bond donors (Lipinski definition) is 0. The molecule has 2 aromatic heterocycles. The van der Waals surface area contributed by atoms with E-state index in [2.05, 4.69) is 15.1 Å².